The zero-order valence-electron chi connectivity index (χ0n) is 31.9. The van der Waals surface area contributed by atoms with E-state index in [9.17, 15) is 0 Å². The van der Waals surface area contributed by atoms with E-state index in [0.717, 1.165) is 0 Å². The zero-order valence-corrected chi connectivity index (χ0v) is 34.9. The van der Waals surface area contributed by atoms with Crippen LogP contribution in [0, 0.1) is 0 Å². The number of benzene rings is 6. The predicted molar refractivity (Wildman–Crippen MR) is 238 cm³/mol. The van der Waals surface area contributed by atoms with E-state index in [4.69, 9.17) is 40.7 Å². The molecule has 0 heterocycles. The van der Waals surface area contributed by atoms with Gasteiger partial charge in [-0.25, -0.2) is 0 Å². The fourth-order valence-corrected chi connectivity index (χ4v) is 17.4. The van der Waals surface area contributed by atoms with Crippen LogP contribution in [0.25, 0.3) is 0 Å². The molecular formula is C45H48NO9P3. The molecule has 6 rings (SSSR count). The van der Waals surface area contributed by atoms with E-state index in [1.165, 1.54) is 0 Å². The topological polar surface area (TPSA) is 86.3 Å². The third-order valence-corrected chi connectivity index (χ3v) is 19.0. The molecule has 0 bridgehead atoms. The summed E-state index contributed by atoms with van der Waals surface area (Å²) in [7, 11) is -14.5. The monoisotopic (exact) mass is 839 g/mol. The summed E-state index contributed by atoms with van der Waals surface area (Å²) in [6.07, 6.45) is 4.78. The summed E-state index contributed by atoms with van der Waals surface area (Å²) in [6.45, 7) is 11.8. The average molecular weight is 840 g/mol. The standard InChI is InChI=1S/C45H48NO9P3/c1-4-37-47-56(50-40-25-13-7-14-26-40,51-41-27-15-8-16-28-41)46(57(48-38-5-2,52-42-29-17-9-18-30-42)53-43-31-19-10-20-32-43)58(49-39-6-3,54-44-33-21-11-22-34-44)55-45-35-23-12-24-36-45/h4-36,56-58H,1-3,37-39H2. The first-order valence-electron chi connectivity index (χ1n) is 18.5. The molecule has 0 saturated heterocycles. The van der Waals surface area contributed by atoms with Crippen LogP contribution in [0.4, 0.5) is 0 Å². The number of para-hydroxylation sites is 6. The summed E-state index contributed by atoms with van der Waals surface area (Å²) in [4.78, 5) is 0. The minimum atomic E-state index is -4.85. The molecule has 0 radical (unpaired) electrons. The van der Waals surface area contributed by atoms with Gasteiger partial charge < -0.3 is 0 Å². The molecule has 0 aromatic heterocycles. The molecule has 0 aliphatic carbocycles. The van der Waals surface area contributed by atoms with E-state index in [0.29, 0.717) is 34.5 Å². The molecule has 0 aliphatic rings. The third kappa shape index (κ3) is 11.1. The first-order chi connectivity index (χ1) is 28.5. The van der Waals surface area contributed by atoms with Crippen molar-refractivity contribution in [3.63, 3.8) is 0 Å². The summed E-state index contributed by atoms with van der Waals surface area (Å²) in [5.74, 6) is 2.31. The molecule has 0 saturated carbocycles. The Hall–Kier alpha value is -5.53. The van der Waals surface area contributed by atoms with E-state index in [1.807, 2.05) is 109 Å². The molecule has 6 aromatic rings. The summed E-state index contributed by atoms with van der Waals surface area (Å²) in [5.41, 5.74) is 0. The molecular weight excluding hydrogens is 791 g/mol. The number of rotatable bonds is 24. The Morgan fingerprint density at radius 1 is 0.310 bits per heavy atom. The van der Waals surface area contributed by atoms with Crippen LogP contribution in [0.2, 0.25) is 0 Å². The van der Waals surface area contributed by atoms with Gasteiger partial charge >= 0.3 is 343 Å². The maximum atomic E-state index is 7.20. The van der Waals surface area contributed by atoms with Crippen LogP contribution >= 0.6 is 24.3 Å². The zero-order chi connectivity index (χ0) is 40.4. The van der Waals surface area contributed by atoms with Gasteiger partial charge in [-0.15, -0.1) is 0 Å². The van der Waals surface area contributed by atoms with E-state index < -0.39 is 24.3 Å². The molecule has 58 heavy (non-hydrogen) atoms. The minimum absolute atomic E-state index is 0.0758. The van der Waals surface area contributed by atoms with Gasteiger partial charge in [0.15, 0.2) is 0 Å². The van der Waals surface area contributed by atoms with E-state index >= 15 is 0 Å². The average Bonchev–Trinajstić information content (AvgIpc) is 3.26. The molecule has 13 heteroatoms. The van der Waals surface area contributed by atoms with Crippen molar-refractivity contribution in [2.75, 3.05) is 19.8 Å². The third-order valence-electron chi connectivity index (χ3n) is 7.91. The Bertz CT molecular complexity index is 1750. The van der Waals surface area contributed by atoms with Gasteiger partial charge in [0.1, 0.15) is 0 Å². The van der Waals surface area contributed by atoms with E-state index in [1.54, 1.807) is 95.2 Å². The maximum absolute atomic E-state index is 7.20. The SMILES string of the molecule is C=CCO[PH](Oc1ccccc1)(Oc1ccccc1)N([PH](OCC=C)(Oc1ccccc1)Oc1ccccc1)[PH](OCC=C)(Oc1ccccc1)Oc1ccccc1. The number of nitrogens with zero attached hydrogens (tertiary/aromatic N) is 1. The van der Waals surface area contributed by atoms with Crippen LogP contribution in [0.15, 0.2) is 220 Å². The first-order valence-corrected chi connectivity index (χ1v) is 23.5. The Labute approximate surface area is 342 Å². The number of hydrogen-bond donors (Lipinski definition) is 0. The second-order valence-corrected chi connectivity index (χ2v) is 20.1. The van der Waals surface area contributed by atoms with Gasteiger partial charge in [-0.2, -0.15) is 0 Å². The molecule has 0 unspecified atom stereocenters. The summed E-state index contributed by atoms with van der Waals surface area (Å²) >= 11 is 0. The fraction of sp³-hybridized carbons (Fsp3) is 0.0667. The van der Waals surface area contributed by atoms with Gasteiger partial charge in [0.05, 0.1) is 0 Å². The normalized spacial score (nSPS) is 12.4. The van der Waals surface area contributed by atoms with Crippen molar-refractivity contribution >= 4 is 24.3 Å². The molecule has 0 amide bonds. The Balaban J connectivity index is 1.80. The van der Waals surface area contributed by atoms with Crippen molar-refractivity contribution < 1.29 is 40.7 Å². The molecule has 0 atom stereocenters. The van der Waals surface area contributed by atoms with Crippen LogP contribution in [0.3, 0.4) is 0 Å². The summed E-state index contributed by atoms with van der Waals surface area (Å²) in [5, 5.41) is 0. The van der Waals surface area contributed by atoms with Crippen LogP contribution in [0.5, 0.6) is 34.5 Å². The van der Waals surface area contributed by atoms with Crippen LogP contribution in [0.1, 0.15) is 0 Å². The van der Waals surface area contributed by atoms with Crippen molar-refractivity contribution in [1.82, 2.24) is 4.21 Å². The van der Waals surface area contributed by atoms with Gasteiger partial charge in [-0.1, -0.05) is 0 Å². The van der Waals surface area contributed by atoms with Gasteiger partial charge in [0.25, 0.3) is 0 Å². The van der Waals surface area contributed by atoms with Crippen molar-refractivity contribution in [2.45, 2.75) is 0 Å². The van der Waals surface area contributed by atoms with Crippen molar-refractivity contribution in [2.24, 2.45) is 0 Å². The quantitative estimate of drug-likeness (QED) is 0.0434. The first kappa shape index (κ1) is 42.1. The van der Waals surface area contributed by atoms with Crippen LogP contribution < -0.4 is 27.1 Å². The van der Waals surface area contributed by atoms with Gasteiger partial charge in [0, 0.05) is 0 Å². The van der Waals surface area contributed by atoms with E-state index in [-0.39, 0.29) is 19.8 Å². The van der Waals surface area contributed by atoms with Gasteiger partial charge in [-0.3, -0.25) is 0 Å². The molecule has 0 aliphatic heterocycles. The molecule has 0 N–H and O–H groups in total. The molecule has 0 fully saturated rings. The Morgan fingerprint density at radius 2 is 0.483 bits per heavy atom. The van der Waals surface area contributed by atoms with Gasteiger partial charge in [0.2, 0.25) is 0 Å². The molecule has 302 valence electrons. The van der Waals surface area contributed by atoms with Crippen molar-refractivity contribution in [3.8, 4) is 34.5 Å². The van der Waals surface area contributed by atoms with E-state index in [2.05, 4.69) is 19.7 Å². The predicted octanol–water partition coefficient (Wildman–Crippen LogP) is 12.6. The van der Waals surface area contributed by atoms with Crippen molar-refractivity contribution in [1.29, 1.82) is 0 Å². The van der Waals surface area contributed by atoms with Crippen LogP contribution in [-0.2, 0) is 13.6 Å². The van der Waals surface area contributed by atoms with Crippen molar-refractivity contribution in [3.05, 3.63) is 220 Å². The fourth-order valence-electron chi connectivity index (χ4n) is 5.53. The Kier molecular flexibility index (Phi) is 15.4. The second kappa shape index (κ2) is 21.3. The molecule has 0 spiro atoms. The number of hydrogen-bond acceptors (Lipinski definition) is 10. The molecule has 6 aromatic carbocycles. The summed E-state index contributed by atoms with van der Waals surface area (Å²) < 4.78 is 65.9. The summed E-state index contributed by atoms with van der Waals surface area (Å²) in [6, 6.07) is 54.9. The van der Waals surface area contributed by atoms with Gasteiger partial charge in [-0.05, 0) is 0 Å². The Morgan fingerprint density at radius 3 is 0.638 bits per heavy atom. The molecule has 10 nitrogen and oxygen atoms in total. The second-order valence-electron chi connectivity index (χ2n) is 12.2. The van der Waals surface area contributed by atoms with Crippen LogP contribution in [-0.4, -0.2) is 24.0 Å².